The van der Waals surface area contributed by atoms with E-state index in [9.17, 15) is 0 Å². The number of nitrogens with one attached hydrogen (secondary N) is 1. The van der Waals surface area contributed by atoms with Gasteiger partial charge in [-0.2, -0.15) is 10.2 Å². The van der Waals surface area contributed by atoms with Gasteiger partial charge >= 0.3 is 0 Å². The Balaban J connectivity index is 2.14. The summed E-state index contributed by atoms with van der Waals surface area (Å²) >= 11 is 0. The normalized spacial score (nSPS) is 12.9. The molecular weight excluding hydrogens is 214 g/mol. The van der Waals surface area contributed by atoms with E-state index < -0.39 is 0 Å². The van der Waals surface area contributed by atoms with Gasteiger partial charge in [0.15, 0.2) is 0 Å². The molecule has 0 radical (unpaired) electrons. The summed E-state index contributed by atoms with van der Waals surface area (Å²) in [5, 5.41) is 11.9. The van der Waals surface area contributed by atoms with Crippen LogP contribution in [0.2, 0.25) is 0 Å². The van der Waals surface area contributed by atoms with E-state index in [0.717, 1.165) is 17.9 Å². The SMILES string of the molecule is CNC(C)c1cnn(Cc2cc(C)nn2C)c1. The van der Waals surface area contributed by atoms with Crippen molar-refractivity contribution in [3.05, 3.63) is 35.4 Å². The van der Waals surface area contributed by atoms with Crippen molar-refractivity contribution in [3.63, 3.8) is 0 Å². The molecule has 0 bridgehead atoms. The Kier molecular flexibility index (Phi) is 3.28. The molecule has 2 aromatic heterocycles. The first-order valence-electron chi connectivity index (χ1n) is 5.79. The van der Waals surface area contributed by atoms with E-state index in [1.54, 1.807) is 0 Å². The van der Waals surface area contributed by atoms with Crippen LogP contribution < -0.4 is 5.32 Å². The van der Waals surface area contributed by atoms with E-state index in [2.05, 4.69) is 34.7 Å². The highest BCUT2D eigenvalue weighted by molar-refractivity contribution is 5.12. The Bertz CT molecular complexity index is 497. The van der Waals surface area contributed by atoms with Crippen LogP contribution in [0.25, 0.3) is 0 Å². The molecule has 2 aromatic rings. The first kappa shape index (κ1) is 11.9. The maximum atomic E-state index is 4.37. The fraction of sp³-hybridized carbons (Fsp3) is 0.500. The second kappa shape index (κ2) is 4.71. The zero-order valence-corrected chi connectivity index (χ0v) is 10.8. The van der Waals surface area contributed by atoms with E-state index in [4.69, 9.17) is 0 Å². The zero-order chi connectivity index (χ0) is 12.4. The molecule has 17 heavy (non-hydrogen) atoms. The van der Waals surface area contributed by atoms with E-state index in [0.29, 0.717) is 6.04 Å². The minimum atomic E-state index is 0.331. The van der Waals surface area contributed by atoms with Gasteiger partial charge in [0, 0.05) is 24.8 Å². The molecule has 0 fully saturated rings. The Morgan fingerprint density at radius 3 is 2.82 bits per heavy atom. The predicted molar refractivity (Wildman–Crippen MR) is 66.7 cm³/mol. The van der Waals surface area contributed by atoms with E-state index in [-0.39, 0.29) is 0 Å². The first-order valence-corrected chi connectivity index (χ1v) is 5.79. The van der Waals surface area contributed by atoms with Crippen LogP contribution in [0.4, 0.5) is 0 Å². The van der Waals surface area contributed by atoms with Crippen molar-refractivity contribution in [2.75, 3.05) is 7.05 Å². The lowest BCUT2D eigenvalue weighted by Gasteiger charge is -2.06. The maximum Gasteiger partial charge on any atom is 0.0828 e. The number of aryl methyl sites for hydroxylation is 2. The molecular formula is C12H19N5. The van der Waals surface area contributed by atoms with Gasteiger partial charge in [-0.25, -0.2) is 0 Å². The average Bonchev–Trinajstić information content (AvgIpc) is 2.86. The van der Waals surface area contributed by atoms with Crippen molar-refractivity contribution >= 4 is 0 Å². The minimum Gasteiger partial charge on any atom is -0.313 e. The van der Waals surface area contributed by atoms with Crippen LogP contribution in [0.1, 0.15) is 29.9 Å². The van der Waals surface area contributed by atoms with Crippen molar-refractivity contribution in [2.24, 2.45) is 7.05 Å². The average molecular weight is 233 g/mol. The topological polar surface area (TPSA) is 47.7 Å². The van der Waals surface area contributed by atoms with Gasteiger partial charge in [-0.05, 0) is 27.0 Å². The van der Waals surface area contributed by atoms with E-state index in [1.165, 1.54) is 5.56 Å². The van der Waals surface area contributed by atoms with Gasteiger partial charge in [0.25, 0.3) is 0 Å². The van der Waals surface area contributed by atoms with Gasteiger partial charge in [0.1, 0.15) is 0 Å². The highest BCUT2D eigenvalue weighted by Gasteiger charge is 2.07. The van der Waals surface area contributed by atoms with Crippen LogP contribution >= 0.6 is 0 Å². The summed E-state index contributed by atoms with van der Waals surface area (Å²) in [4.78, 5) is 0. The second-order valence-corrected chi connectivity index (χ2v) is 4.38. The molecule has 0 aliphatic heterocycles. The van der Waals surface area contributed by atoms with Gasteiger partial charge in [0.2, 0.25) is 0 Å². The van der Waals surface area contributed by atoms with Crippen LogP contribution in [0.15, 0.2) is 18.5 Å². The van der Waals surface area contributed by atoms with Crippen LogP contribution in [0, 0.1) is 6.92 Å². The second-order valence-electron chi connectivity index (χ2n) is 4.38. The Morgan fingerprint density at radius 2 is 2.24 bits per heavy atom. The molecule has 5 nitrogen and oxygen atoms in total. The summed E-state index contributed by atoms with van der Waals surface area (Å²) in [6.07, 6.45) is 3.98. The standard InChI is InChI=1S/C12H19N5/c1-9-5-12(16(4)15-9)8-17-7-11(6-14-17)10(2)13-3/h5-7,10,13H,8H2,1-4H3. The third-order valence-corrected chi connectivity index (χ3v) is 3.01. The van der Waals surface area contributed by atoms with Crippen LogP contribution in [-0.2, 0) is 13.6 Å². The Hall–Kier alpha value is -1.62. The molecule has 0 aliphatic carbocycles. The van der Waals surface area contributed by atoms with Crippen LogP contribution in [0.3, 0.4) is 0 Å². The molecule has 0 aliphatic rings. The lowest BCUT2D eigenvalue weighted by molar-refractivity contribution is 0.614. The quantitative estimate of drug-likeness (QED) is 0.864. The van der Waals surface area contributed by atoms with Gasteiger partial charge in [0.05, 0.1) is 24.1 Å². The number of rotatable bonds is 4. The lowest BCUT2D eigenvalue weighted by atomic mass is 10.2. The van der Waals surface area contributed by atoms with E-state index in [1.807, 2.05) is 36.6 Å². The van der Waals surface area contributed by atoms with Crippen molar-refractivity contribution in [3.8, 4) is 0 Å². The highest BCUT2D eigenvalue weighted by atomic mass is 15.3. The van der Waals surface area contributed by atoms with Gasteiger partial charge in [-0.15, -0.1) is 0 Å². The summed E-state index contributed by atoms with van der Waals surface area (Å²) in [5.41, 5.74) is 3.40. The molecule has 92 valence electrons. The van der Waals surface area contributed by atoms with Crippen molar-refractivity contribution in [2.45, 2.75) is 26.4 Å². The monoisotopic (exact) mass is 233 g/mol. The summed E-state index contributed by atoms with van der Waals surface area (Å²) in [6, 6.07) is 2.42. The Morgan fingerprint density at radius 1 is 1.47 bits per heavy atom. The third kappa shape index (κ3) is 2.55. The molecule has 2 heterocycles. The maximum absolute atomic E-state index is 4.37. The predicted octanol–water partition coefficient (Wildman–Crippen LogP) is 1.25. The molecule has 0 amide bonds. The zero-order valence-electron chi connectivity index (χ0n) is 10.8. The highest BCUT2D eigenvalue weighted by Crippen LogP contribution is 2.11. The van der Waals surface area contributed by atoms with Gasteiger partial charge < -0.3 is 5.32 Å². The Labute approximate surface area is 101 Å². The molecule has 5 heteroatoms. The fourth-order valence-corrected chi connectivity index (χ4v) is 1.83. The van der Waals surface area contributed by atoms with Gasteiger partial charge in [-0.3, -0.25) is 9.36 Å². The molecule has 0 saturated heterocycles. The molecule has 0 spiro atoms. The van der Waals surface area contributed by atoms with Gasteiger partial charge in [-0.1, -0.05) is 0 Å². The fourth-order valence-electron chi connectivity index (χ4n) is 1.83. The summed E-state index contributed by atoms with van der Waals surface area (Å²) in [5.74, 6) is 0. The van der Waals surface area contributed by atoms with E-state index >= 15 is 0 Å². The molecule has 0 aromatic carbocycles. The van der Waals surface area contributed by atoms with Crippen LogP contribution in [-0.4, -0.2) is 26.6 Å². The molecule has 1 unspecified atom stereocenters. The third-order valence-electron chi connectivity index (χ3n) is 3.01. The smallest absolute Gasteiger partial charge is 0.0828 e. The molecule has 0 saturated carbocycles. The molecule has 1 N–H and O–H groups in total. The minimum absolute atomic E-state index is 0.331. The van der Waals surface area contributed by atoms with Crippen molar-refractivity contribution in [1.82, 2.24) is 24.9 Å². The largest absolute Gasteiger partial charge is 0.313 e. The number of hydrogen-bond acceptors (Lipinski definition) is 3. The lowest BCUT2D eigenvalue weighted by Crippen LogP contribution is -2.11. The number of aromatic nitrogens is 4. The molecule has 1 atom stereocenters. The number of nitrogens with zero attached hydrogens (tertiary/aromatic N) is 4. The first-order chi connectivity index (χ1) is 8.10. The van der Waals surface area contributed by atoms with Crippen molar-refractivity contribution in [1.29, 1.82) is 0 Å². The number of hydrogen-bond donors (Lipinski definition) is 1. The van der Waals surface area contributed by atoms with Crippen LogP contribution in [0.5, 0.6) is 0 Å². The summed E-state index contributed by atoms with van der Waals surface area (Å²) < 4.78 is 3.85. The van der Waals surface area contributed by atoms with Crippen molar-refractivity contribution < 1.29 is 0 Å². The summed E-state index contributed by atoms with van der Waals surface area (Å²) in [6.45, 7) is 4.88. The molecule has 2 rings (SSSR count). The summed E-state index contributed by atoms with van der Waals surface area (Å²) in [7, 11) is 3.91.